The van der Waals surface area contributed by atoms with Crippen molar-refractivity contribution < 1.29 is 8.42 Å². The minimum atomic E-state index is -3.23. The Hall–Kier alpha value is -0.870. The van der Waals surface area contributed by atoms with Crippen LogP contribution in [0.1, 0.15) is 58.8 Å². The van der Waals surface area contributed by atoms with Gasteiger partial charge in [-0.25, -0.2) is 8.42 Å². The molecule has 0 unspecified atom stereocenters. The molecular weight excluding hydrogens is 306 g/mol. The molecule has 0 bridgehead atoms. The quantitative estimate of drug-likeness (QED) is 0.815. The minimum absolute atomic E-state index is 0.214. The molecule has 2 fully saturated rings. The zero-order valence-electron chi connectivity index (χ0n) is 14.3. The number of piperidine rings is 1. The number of unbranched alkanes of at least 4 members (excludes halogenated alkanes) is 1. The van der Waals surface area contributed by atoms with Crippen LogP contribution in [0.25, 0.3) is 0 Å². The van der Waals surface area contributed by atoms with Crippen LogP contribution in [-0.2, 0) is 9.84 Å². The van der Waals surface area contributed by atoms with E-state index in [1.165, 1.54) is 19.3 Å². The summed E-state index contributed by atoms with van der Waals surface area (Å²) in [5.74, 6) is 0. The van der Waals surface area contributed by atoms with E-state index < -0.39 is 9.84 Å². The lowest BCUT2D eigenvalue weighted by Gasteiger charge is -2.40. The molecule has 0 radical (unpaired) electrons. The first-order valence-corrected chi connectivity index (χ1v) is 10.7. The molecule has 23 heavy (non-hydrogen) atoms. The van der Waals surface area contributed by atoms with Crippen LogP contribution in [0, 0.1) is 0 Å². The van der Waals surface area contributed by atoms with Crippen LogP contribution in [-0.4, -0.2) is 36.7 Å². The Morgan fingerprint density at radius 2 is 1.91 bits per heavy atom. The number of rotatable bonds is 5. The molecule has 0 saturated carbocycles. The van der Waals surface area contributed by atoms with E-state index in [2.05, 4.69) is 18.7 Å². The summed E-state index contributed by atoms with van der Waals surface area (Å²) in [7, 11) is -3.23. The third kappa shape index (κ3) is 3.20. The van der Waals surface area contributed by atoms with Crippen LogP contribution in [0.5, 0.6) is 0 Å². The number of hydrogen-bond donors (Lipinski definition) is 0. The van der Waals surface area contributed by atoms with Crippen molar-refractivity contribution in [2.75, 3.05) is 0 Å². The zero-order valence-corrected chi connectivity index (χ0v) is 15.1. The molecule has 4 atom stereocenters. The summed E-state index contributed by atoms with van der Waals surface area (Å²) in [5, 5.41) is -0.227. The second kappa shape index (κ2) is 6.94. The van der Waals surface area contributed by atoms with Crippen molar-refractivity contribution in [3.05, 3.63) is 30.3 Å². The monoisotopic (exact) mass is 335 g/mol. The highest BCUT2D eigenvalue weighted by Crippen LogP contribution is 2.41. The molecule has 1 aromatic carbocycles. The van der Waals surface area contributed by atoms with Gasteiger partial charge in [0.25, 0.3) is 0 Å². The van der Waals surface area contributed by atoms with Gasteiger partial charge in [-0.2, -0.15) is 0 Å². The van der Waals surface area contributed by atoms with Gasteiger partial charge in [-0.05, 0) is 44.7 Å². The second-order valence-electron chi connectivity index (χ2n) is 7.22. The molecule has 2 aliphatic heterocycles. The molecule has 0 aliphatic carbocycles. The molecule has 3 rings (SSSR count). The first-order chi connectivity index (χ1) is 11.1. The van der Waals surface area contributed by atoms with Crippen molar-refractivity contribution in [3.8, 4) is 0 Å². The van der Waals surface area contributed by atoms with E-state index >= 15 is 0 Å². The van der Waals surface area contributed by atoms with E-state index in [-0.39, 0.29) is 11.3 Å². The van der Waals surface area contributed by atoms with Crippen LogP contribution in [0.2, 0.25) is 0 Å². The number of hydrogen-bond acceptors (Lipinski definition) is 3. The van der Waals surface area contributed by atoms with E-state index in [4.69, 9.17) is 0 Å². The largest absolute Gasteiger partial charge is 0.293 e. The lowest BCUT2D eigenvalue weighted by Crippen LogP contribution is -2.48. The molecule has 0 spiro atoms. The fourth-order valence-electron chi connectivity index (χ4n) is 4.63. The lowest BCUT2D eigenvalue weighted by atomic mass is 9.97. The predicted octanol–water partition coefficient (Wildman–Crippen LogP) is 4.03. The molecule has 128 valence electrons. The summed E-state index contributed by atoms with van der Waals surface area (Å²) >= 11 is 0. The minimum Gasteiger partial charge on any atom is -0.293 e. The van der Waals surface area contributed by atoms with Crippen LogP contribution < -0.4 is 0 Å². The van der Waals surface area contributed by atoms with Gasteiger partial charge in [0.05, 0.1) is 10.1 Å². The van der Waals surface area contributed by atoms with E-state index in [1.807, 2.05) is 18.2 Å². The molecule has 2 heterocycles. The molecule has 1 aromatic rings. The van der Waals surface area contributed by atoms with Gasteiger partial charge in [-0.1, -0.05) is 44.4 Å². The Kier molecular flexibility index (Phi) is 5.12. The van der Waals surface area contributed by atoms with E-state index in [0.29, 0.717) is 17.0 Å². The highest BCUT2D eigenvalue weighted by atomic mass is 32.2. The fourth-order valence-corrected chi connectivity index (χ4v) is 6.68. The molecular formula is C19H29NO2S. The van der Waals surface area contributed by atoms with Gasteiger partial charge in [0, 0.05) is 18.1 Å². The van der Waals surface area contributed by atoms with Crippen LogP contribution in [0.3, 0.4) is 0 Å². The fraction of sp³-hybridized carbons (Fsp3) is 0.684. The van der Waals surface area contributed by atoms with Gasteiger partial charge in [0.1, 0.15) is 0 Å². The van der Waals surface area contributed by atoms with Crippen molar-refractivity contribution in [3.63, 3.8) is 0 Å². The standard InChI is InChI=1S/C19H29NO2S/c1-3-4-10-16-14-19(18-13-8-9-15(2)20(16)18)23(21,22)17-11-6-5-7-12-17/h5-7,11-12,15-16,18-19H,3-4,8-10,13-14H2,1-2H3/t15-,16+,18-,19+/m0/s1. The number of sulfone groups is 1. The van der Waals surface area contributed by atoms with Crippen molar-refractivity contribution in [1.29, 1.82) is 0 Å². The number of fused-ring (bicyclic) bond motifs is 1. The van der Waals surface area contributed by atoms with Crippen LogP contribution in [0.4, 0.5) is 0 Å². The summed E-state index contributed by atoms with van der Waals surface area (Å²) in [6, 6.07) is 10.2. The molecule has 4 heteroatoms. The number of benzene rings is 1. The Bertz CT molecular complexity index is 614. The summed E-state index contributed by atoms with van der Waals surface area (Å²) in [5.41, 5.74) is 0. The summed E-state index contributed by atoms with van der Waals surface area (Å²) in [6.07, 6.45) is 7.72. The van der Waals surface area contributed by atoms with E-state index in [9.17, 15) is 8.42 Å². The van der Waals surface area contributed by atoms with Gasteiger partial charge < -0.3 is 0 Å². The third-order valence-electron chi connectivity index (χ3n) is 5.73. The molecule has 2 aliphatic rings. The summed E-state index contributed by atoms with van der Waals surface area (Å²) in [6.45, 7) is 4.49. The maximum absolute atomic E-state index is 13.2. The zero-order chi connectivity index (χ0) is 16.4. The van der Waals surface area contributed by atoms with Crippen molar-refractivity contribution >= 4 is 9.84 Å². The Balaban J connectivity index is 1.90. The molecule has 3 nitrogen and oxygen atoms in total. The van der Waals surface area contributed by atoms with E-state index in [1.54, 1.807) is 12.1 Å². The average Bonchev–Trinajstić information content (AvgIpc) is 2.94. The predicted molar refractivity (Wildman–Crippen MR) is 94.3 cm³/mol. The topological polar surface area (TPSA) is 37.4 Å². The molecule has 0 N–H and O–H groups in total. The van der Waals surface area contributed by atoms with E-state index in [0.717, 1.165) is 25.7 Å². The second-order valence-corrected chi connectivity index (χ2v) is 9.39. The molecule has 2 saturated heterocycles. The van der Waals surface area contributed by atoms with Gasteiger partial charge >= 0.3 is 0 Å². The maximum Gasteiger partial charge on any atom is 0.182 e. The van der Waals surface area contributed by atoms with Crippen molar-refractivity contribution in [2.45, 2.75) is 87.1 Å². The molecule has 0 aromatic heterocycles. The van der Waals surface area contributed by atoms with Gasteiger partial charge in [-0.3, -0.25) is 4.90 Å². The van der Waals surface area contributed by atoms with Gasteiger partial charge in [0.15, 0.2) is 9.84 Å². The normalized spacial score (nSPS) is 31.9. The van der Waals surface area contributed by atoms with Crippen LogP contribution in [0.15, 0.2) is 35.2 Å². The van der Waals surface area contributed by atoms with Crippen molar-refractivity contribution in [1.82, 2.24) is 4.90 Å². The number of nitrogens with zero attached hydrogens (tertiary/aromatic N) is 1. The first-order valence-electron chi connectivity index (χ1n) is 9.12. The van der Waals surface area contributed by atoms with Crippen LogP contribution >= 0.6 is 0 Å². The highest BCUT2D eigenvalue weighted by Gasteiger charge is 2.49. The Morgan fingerprint density at radius 3 is 2.61 bits per heavy atom. The first kappa shape index (κ1) is 17.0. The smallest absolute Gasteiger partial charge is 0.182 e. The van der Waals surface area contributed by atoms with Crippen molar-refractivity contribution in [2.24, 2.45) is 0 Å². The third-order valence-corrected chi connectivity index (χ3v) is 7.96. The van der Waals surface area contributed by atoms with Gasteiger partial charge in [-0.15, -0.1) is 0 Å². The SMILES string of the molecule is CCCC[C@@H]1C[C@@H](S(=O)(=O)c2ccccc2)[C@@H]2CCC[C@H](C)N12. The molecule has 0 amide bonds. The lowest BCUT2D eigenvalue weighted by molar-refractivity contribution is 0.0880. The summed E-state index contributed by atoms with van der Waals surface area (Å²) < 4.78 is 26.4. The Morgan fingerprint density at radius 1 is 1.17 bits per heavy atom. The summed E-state index contributed by atoms with van der Waals surface area (Å²) in [4.78, 5) is 3.06. The average molecular weight is 336 g/mol. The Labute approximate surface area is 141 Å². The maximum atomic E-state index is 13.2. The van der Waals surface area contributed by atoms with Gasteiger partial charge in [0.2, 0.25) is 0 Å². The highest BCUT2D eigenvalue weighted by molar-refractivity contribution is 7.92.